The predicted octanol–water partition coefficient (Wildman–Crippen LogP) is 5.17. The van der Waals surface area contributed by atoms with E-state index in [4.69, 9.17) is 14.2 Å². The monoisotopic (exact) mass is 383 g/mol. The highest BCUT2D eigenvalue weighted by Gasteiger charge is 2.07. The number of para-hydroxylation sites is 2. The standard InChI is InChI=1S/C23H29NO4/c1-5-27-20-9-7-6-8-19(20)24-23(25)13-11-18-10-12-21(22(16-18)26-4)28-15-14-17(2)3/h6-13,16-17H,5,14-15H2,1-4H3,(H,24,25)/b13-11+. The first-order valence-electron chi connectivity index (χ1n) is 9.55. The molecule has 0 atom stereocenters. The SMILES string of the molecule is CCOc1ccccc1NC(=O)/C=C/c1ccc(OCCC(C)C)c(OC)c1. The van der Waals surface area contributed by atoms with Gasteiger partial charge in [0.15, 0.2) is 11.5 Å². The number of anilines is 1. The Morgan fingerprint density at radius 1 is 1.07 bits per heavy atom. The third-order valence-electron chi connectivity index (χ3n) is 4.01. The molecule has 0 spiro atoms. The van der Waals surface area contributed by atoms with E-state index in [0.717, 1.165) is 12.0 Å². The highest BCUT2D eigenvalue weighted by Crippen LogP contribution is 2.29. The van der Waals surface area contributed by atoms with Crippen LogP contribution in [0.1, 0.15) is 32.8 Å². The summed E-state index contributed by atoms with van der Waals surface area (Å²) >= 11 is 0. The van der Waals surface area contributed by atoms with Gasteiger partial charge in [0.1, 0.15) is 5.75 Å². The number of hydrogen-bond donors (Lipinski definition) is 1. The molecule has 0 bridgehead atoms. The predicted molar refractivity (Wildman–Crippen MR) is 113 cm³/mol. The molecule has 0 unspecified atom stereocenters. The lowest BCUT2D eigenvalue weighted by Gasteiger charge is -2.12. The fourth-order valence-electron chi connectivity index (χ4n) is 2.51. The summed E-state index contributed by atoms with van der Waals surface area (Å²) < 4.78 is 16.7. The Morgan fingerprint density at radius 2 is 1.86 bits per heavy atom. The van der Waals surface area contributed by atoms with E-state index in [9.17, 15) is 4.79 Å². The maximum atomic E-state index is 12.3. The van der Waals surface area contributed by atoms with Gasteiger partial charge >= 0.3 is 0 Å². The summed E-state index contributed by atoms with van der Waals surface area (Å²) in [6.07, 6.45) is 4.20. The molecule has 0 aliphatic heterocycles. The average molecular weight is 383 g/mol. The molecular weight excluding hydrogens is 354 g/mol. The van der Waals surface area contributed by atoms with Crippen LogP contribution in [-0.4, -0.2) is 26.2 Å². The fourth-order valence-corrected chi connectivity index (χ4v) is 2.51. The summed E-state index contributed by atoms with van der Waals surface area (Å²) in [5.74, 6) is 2.35. The summed E-state index contributed by atoms with van der Waals surface area (Å²) in [6, 6.07) is 13.0. The van der Waals surface area contributed by atoms with Crippen molar-refractivity contribution < 1.29 is 19.0 Å². The molecule has 2 aromatic rings. The zero-order chi connectivity index (χ0) is 20.4. The van der Waals surface area contributed by atoms with Gasteiger partial charge in [-0.2, -0.15) is 0 Å². The lowest BCUT2D eigenvalue weighted by atomic mass is 10.1. The summed E-state index contributed by atoms with van der Waals surface area (Å²) in [7, 11) is 1.61. The molecule has 0 radical (unpaired) electrons. The number of methoxy groups -OCH3 is 1. The van der Waals surface area contributed by atoms with E-state index in [2.05, 4.69) is 19.2 Å². The summed E-state index contributed by atoms with van der Waals surface area (Å²) in [4.78, 5) is 12.3. The lowest BCUT2D eigenvalue weighted by molar-refractivity contribution is -0.111. The van der Waals surface area contributed by atoms with Gasteiger partial charge < -0.3 is 19.5 Å². The summed E-state index contributed by atoms with van der Waals surface area (Å²) in [6.45, 7) is 7.40. The van der Waals surface area contributed by atoms with E-state index < -0.39 is 0 Å². The zero-order valence-corrected chi connectivity index (χ0v) is 17.0. The molecule has 1 amide bonds. The van der Waals surface area contributed by atoms with Crippen LogP contribution in [0.2, 0.25) is 0 Å². The van der Waals surface area contributed by atoms with Crippen LogP contribution in [0.4, 0.5) is 5.69 Å². The highest BCUT2D eigenvalue weighted by atomic mass is 16.5. The normalized spacial score (nSPS) is 10.9. The number of ether oxygens (including phenoxy) is 3. The largest absolute Gasteiger partial charge is 0.493 e. The number of benzene rings is 2. The van der Waals surface area contributed by atoms with Crippen molar-refractivity contribution in [3.05, 3.63) is 54.1 Å². The average Bonchev–Trinajstić information content (AvgIpc) is 2.68. The highest BCUT2D eigenvalue weighted by molar-refractivity contribution is 6.02. The van der Waals surface area contributed by atoms with Crippen LogP contribution in [0.25, 0.3) is 6.08 Å². The Kier molecular flexibility index (Phi) is 8.40. The van der Waals surface area contributed by atoms with Crippen molar-refractivity contribution in [1.82, 2.24) is 0 Å². The van der Waals surface area contributed by atoms with Crippen molar-refractivity contribution >= 4 is 17.7 Å². The molecule has 0 saturated heterocycles. The molecule has 2 aromatic carbocycles. The number of nitrogens with one attached hydrogen (secondary N) is 1. The van der Waals surface area contributed by atoms with Gasteiger partial charge in [-0.05, 0) is 55.2 Å². The molecule has 0 heterocycles. The Bertz CT molecular complexity index is 799. The minimum atomic E-state index is -0.233. The van der Waals surface area contributed by atoms with Gasteiger partial charge in [0.05, 0.1) is 26.0 Å². The molecule has 0 aliphatic rings. The molecule has 0 aliphatic carbocycles. The van der Waals surface area contributed by atoms with Crippen LogP contribution >= 0.6 is 0 Å². The second kappa shape index (κ2) is 11.0. The minimum absolute atomic E-state index is 0.233. The van der Waals surface area contributed by atoms with E-state index in [1.54, 1.807) is 13.2 Å². The van der Waals surface area contributed by atoms with Crippen molar-refractivity contribution in [1.29, 1.82) is 0 Å². The van der Waals surface area contributed by atoms with Gasteiger partial charge in [0.25, 0.3) is 0 Å². The molecule has 150 valence electrons. The molecule has 28 heavy (non-hydrogen) atoms. The number of rotatable bonds is 10. The van der Waals surface area contributed by atoms with Gasteiger partial charge in [0, 0.05) is 6.08 Å². The van der Waals surface area contributed by atoms with Crippen LogP contribution in [0.5, 0.6) is 17.2 Å². The first-order valence-corrected chi connectivity index (χ1v) is 9.55. The van der Waals surface area contributed by atoms with Crippen LogP contribution in [0.15, 0.2) is 48.5 Å². The summed E-state index contributed by atoms with van der Waals surface area (Å²) in [5, 5.41) is 2.84. The number of carbonyl (C=O) groups excluding carboxylic acids is 1. The molecule has 2 rings (SSSR count). The van der Waals surface area contributed by atoms with Crippen molar-refractivity contribution in [2.75, 3.05) is 25.6 Å². The number of amides is 1. The second-order valence-corrected chi connectivity index (χ2v) is 6.69. The van der Waals surface area contributed by atoms with E-state index in [1.165, 1.54) is 6.08 Å². The van der Waals surface area contributed by atoms with Crippen molar-refractivity contribution in [2.24, 2.45) is 5.92 Å². The Morgan fingerprint density at radius 3 is 2.57 bits per heavy atom. The van der Waals surface area contributed by atoms with E-state index >= 15 is 0 Å². The van der Waals surface area contributed by atoms with E-state index in [0.29, 0.717) is 42.1 Å². The molecule has 1 N–H and O–H groups in total. The van der Waals surface area contributed by atoms with Crippen LogP contribution in [-0.2, 0) is 4.79 Å². The van der Waals surface area contributed by atoms with Crippen LogP contribution in [0.3, 0.4) is 0 Å². The maximum Gasteiger partial charge on any atom is 0.248 e. The lowest BCUT2D eigenvalue weighted by Crippen LogP contribution is -2.09. The van der Waals surface area contributed by atoms with Crippen molar-refractivity contribution in [3.63, 3.8) is 0 Å². The Labute approximate surface area is 167 Å². The topological polar surface area (TPSA) is 56.8 Å². The third-order valence-corrected chi connectivity index (χ3v) is 4.01. The van der Waals surface area contributed by atoms with E-state index in [1.807, 2.05) is 49.4 Å². The molecule has 0 fully saturated rings. The number of hydrogen-bond acceptors (Lipinski definition) is 4. The van der Waals surface area contributed by atoms with E-state index in [-0.39, 0.29) is 5.91 Å². The first kappa shape index (κ1) is 21.4. The molecule has 0 saturated carbocycles. The van der Waals surface area contributed by atoms with Gasteiger partial charge in [-0.15, -0.1) is 0 Å². The van der Waals surface area contributed by atoms with Crippen molar-refractivity contribution in [3.8, 4) is 17.2 Å². The molecular formula is C23H29NO4. The smallest absolute Gasteiger partial charge is 0.248 e. The quantitative estimate of drug-likeness (QED) is 0.575. The van der Waals surface area contributed by atoms with Gasteiger partial charge in [-0.1, -0.05) is 32.0 Å². The fraction of sp³-hybridized carbons (Fsp3) is 0.348. The molecule has 0 aromatic heterocycles. The molecule has 5 nitrogen and oxygen atoms in total. The van der Waals surface area contributed by atoms with Crippen LogP contribution in [0, 0.1) is 5.92 Å². The van der Waals surface area contributed by atoms with Gasteiger partial charge in [-0.25, -0.2) is 0 Å². The molecule has 5 heteroatoms. The number of carbonyl (C=O) groups is 1. The third kappa shape index (κ3) is 6.65. The second-order valence-electron chi connectivity index (χ2n) is 6.69. The van der Waals surface area contributed by atoms with Gasteiger partial charge in [0.2, 0.25) is 5.91 Å². The first-order chi connectivity index (χ1) is 13.5. The van der Waals surface area contributed by atoms with Crippen molar-refractivity contribution in [2.45, 2.75) is 27.2 Å². The zero-order valence-electron chi connectivity index (χ0n) is 17.0. The van der Waals surface area contributed by atoms with Gasteiger partial charge in [-0.3, -0.25) is 4.79 Å². The summed E-state index contributed by atoms with van der Waals surface area (Å²) in [5.41, 5.74) is 1.49. The maximum absolute atomic E-state index is 12.3. The minimum Gasteiger partial charge on any atom is -0.493 e. The Balaban J connectivity index is 2.02. The Hall–Kier alpha value is -2.95. The van der Waals surface area contributed by atoms with Crippen LogP contribution < -0.4 is 19.5 Å².